The fourth-order valence-electron chi connectivity index (χ4n) is 2.28. The molecular weight excluding hydrogens is 260 g/mol. The molecule has 0 atom stereocenters. The summed E-state index contributed by atoms with van der Waals surface area (Å²) < 4.78 is 5.44. The van der Waals surface area contributed by atoms with Gasteiger partial charge in [-0.1, -0.05) is 17.7 Å². The minimum atomic E-state index is 0.618. The molecule has 2 aromatic rings. The van der Waals surface area contributed by atoms with Crippen molar-refractivity contribution < 1.29 is 4.42 Å². The van der Waals surface area contributed by atoms with Gasteiger partial charge in [-0.3, -0.25) is 4.90 Å². The third-order valence-corrected chi connectivity index (χ3v) is 3.79. The smallest absolute Gasteiger partial charge is 0.117 e. The maximum atomic E-state index is 5.95. The summed E-state index contributed by atoms with van der Waals surface area (Å²) >= 11 is 5.95. The molecule has 3 rings (SSSR count). The molecule has 1 aromatic heterocycles. The standard InChI is InChI=1S/C15H17ClN2O/c16-14-6-3-11(8-15(14)17)9-18(12-4-5-12)10-13-2-1-7-19-13/h1-3,6-8,12H,4-5,9-10,17H2. The van der Waals surface area contributed by atoms with Gasteiger partial charge in [0.05, 0.1) is 23.5 Å². The van der Waals surface area contributed by atoms with Crippen LogP contribution in [0.15, 0.2) is 41.0 Å². The molecule has 1 heterocycles. The molecular formula is C15H17ClN2O. The highest BCUT2D eigenvalue weighted by Gasteiger charge is 2.29. The molecule has 0 saturated heterocycles. The lowest BCUT2D eigenvalue weighted by Crippen LogP contribution is -2.24. The van der Waals surface area contributed by atoms with E-state index in [1.54, 1.807) is 6.26 Å². The predicted molar refractivity (Wildman–Crippen MR) is 76.8 cm³/mol. The highest BCUT2D eigenvalue weighted by molar-refractivity contribution is 6.33. The predicted octanol–water partition coefficient (Wildman–Crippen LogP) is 3.68. The zero-order chi connectivity index (χ0) is 13.2. The second-order valence-corrected chi connectivity index (χ2v) is 5.48. The summed E-state index contributed by atoms with van der Waals surface area (Å²) in [6, 6.07) is 10.5. The van der Waals surface area contributed by atoms with Crippen LogP contribution in [-0.4, -0.2) is 10.9 Å². The lowest BCUT2D eigenvalue weighted by Gasteiger charge is -2.21. The van der Waals surface area contributed by atoms with Crippen LogP contribution < -0.4 is 5.73 Å². The summed E-state index contributed by atoms with van der Waals surface area (Å²) in [5.41, 5.74) is 7.70. The quantitative estimate of drug-likeness (QED) is 0.847. The molecule has 2 N–H and O–H groups in total. The number of hydrogen-bond donors (Lipinski definition) is 1. The lowest BCUT2D eigenvalue weighted by molar-refractivity contribution is 0.225. The molecule has 3 nitrogen and oxygen atoms in total. The van der Waals surface area contributed by atoms with Crippen LogP contribution >= 0.6 is 11.6 Å². The summed E-state index contributed by atoms with van der Waals surface area (Å²) in [6.07, 6.45) is 4.26. The molecule has 0 bridgehead atoms. The van der Waals surface area contributed by atoms with Gasteiger partial charge in [0.1, 0.15) is 5.76 Å². The van der Waals surface area contributed by atoms with Crippen LogP contribution in [-0.2, 0) is 13.1 Å². The molecule has 0 unspecified atom stereocenters. The molecule has 19 heavy (non-hydrogen) atoms. The zero-order valence-electron chi connectivity index (χ0n) is 10.7. The van der Waals surface area contributed by atoms with E-state index >= 15 is 0 Å². The normalized spacial score (nSPS) is 15.1. The molecule has 1 aliphatic rings. The summed E-state index contributed by atoms with van der Waals surface area (Å²) in [4.78, 5) is 2.43. The number of furan rings is 1. The van der Waals surface area contributed by atoms with Crippen molar-refractivity contribution in [1.82, 2.24) is 4.90 Å². The third kappa shape index (κ3) is 3.11. The molecule has 0 aliphatic heterocycles. The summed E-state index contributed by atoms with van der Waals surface area (Å²) in [5.74, 6) is 1.01. The van der Waals surface area contributed by atoms with Crippen molar-refractivity contribution in [3.63, 3.8) is 0 Å². The number of nitrogens with zero attached hydrogens (tertiary/aromatic N) is 1. The van der Waals surface area contributed by atoms with Gasteiger partial charge in [-0.2, -0.15) is 0 Å². The Bertz CT molecular complexity index is 549. The Kier molecular flexibility index (Phi) is 3.49. The average molecular weight is 277 g/mol. The van der Waals surface area contributed by atoms with E-state index in [0.29, 0.717) is 16.8 Å². The van der Waals surface area contributed by atoms with E-state index in [4.69, 9.17) is 21.8 Å². The van der Waals surface area contributed by atoms with Gasteiger partial charge in [-0.05, 0) is 42.7 Å². The van der Waals surface area contributed by atoms with Crippen molar-refractivity contribution in [2.24, 2.45) is 0 Å². The second-order valence-electron chi connectivity index (χ2n) is 5.07. The highest BCUT2D eigenvalue weighted by atomic mass is 35.5. The molecule has 1 fully saturated rings. The Morgan fingerprint density at radius 3 is 2.74 bits per heavy atom. The number of benzene rings is 1. The number of rotatable bonds is 5. The van der Waals surface area contributed by atoms with Gasteiger partial charge in [-0.25, -0.2) is 0 Å². The number of halogens is 1. The minimum absolute atomic E-state index is 0.618. The van der Waals surface area contributed by atoms with Crippen LogP contribution in [0.3, 0.4) is 0 Å². The summed E-state index contributed by atoms with van der Waals surface area (Å²) in [5, 5.41) is 0.618. The molecule has 1 aliphatic carbocycles. The molecule has 0 amide bonds. The van der Waals surface area contributed by atoms with E-state index in [0.717, 1.165) is 18.8 Å². The second kappa shape index (κ2) is 5.27. The first-order chi connectivity index (χ1) is 9.22. The fraction of sp³-hybridized carbons (Fsp3) is 0.333. The fourth-order valence-corrected chi connectivity index (χ4v) is 2.40. The number of nitrogen functional groups attached to an aromatic ring is 1. The zero-order valence-corrected chi connectivity index (χ0v) is 11.4. The van der Waals surface area contributed by atoms with Crippen LogP contribution in [0.2, 0.25) is 5.02 Å². The van der Waals surface area contributed by atoms with Gasteiger partial charge in [0, 0.05) is 12.6 Å². The van der Waals surface area contributed by atoms with E-state index in [9.17, 15) is 0 Å². The molecule has 0 spiro atoms. The Labute approximate surface area is 118 Å². The summed E-state index contributed by atoms with van der Waals surface area (Å²) in [6.45, 7) is 1.73. The van der Waals surface area contributed by atoms with Crippen molar-refractivity contribution in [1.29, 1.82) is 0 Å². The van der Waals surface area contributed by atoms with Gasteiger partial charge in [0.15, 0.2) is 0 Å². The van der Waals surface area contributed by atoms with Gasteiger partial charge in [-0.15, -0.1) is 0 Å². The van der Waals surface area contributed by atoms with E-state index in [-0.39, 0.29) is 0 Å². The maximum absolute atomic E-state index is 5.95. The number of anilines is 1. The SMILES string of the molecule is Nc1cc(CN(Cc2ccco2)C2CC2)ccc1Cl. The van der Waals surface area contributed by atoms with Gasteiger partial charge >= 0.3 is 0 Å². The van der Waals surface area contributed by atoms with Gasteiger partial charge in [0.2, 0.25) is 0 Å². The average Bonchev–Trinajstić information content (AvgIpc) is 3.12. The molecule has 1 saturated carbocycles. The topological polar surface area (TPSA) is 42.4 Å². The maximum Gasteiger partial charge on any atom is 0.117 e. The van der Waals surface area contributed by atoms with Crippen LogP contribution in [0.4, 0.5) is 5.69 Å². The van der Waals surface area contributed by atoms with E-state index in [2.05, 4.69) is 4.90 Å². The largest absolute Gasteiger partial charge is 0.468 e. The van der Waals surface area contributed by atoms with Crippen molar-refractivity contribution in [2.45, 2.75) is 32.0 Å². The highest BCUT2D eigenvalue weighted by Crippen LogP contribution is 2.30. The molecule has 0 radical (unpaired) electrons. The Morgan fingerprint density at radius 1 is 1.26 bits per heavy atom. The lowest BCUT2D eigenvalue weighted by atomic mass is 10.2. The third-order valence-electron chi connectivity index (χ3n) is 3.45. The van der Waals surface area contributed by atoms with Crippen molar-refractivity contribution in [3.05, 3.63) is 52.9 Å². The van der Waals surface area contributed by atoms with Crippen molar-refractivity contribution >= 4 is 17.3 Å². The van der Waals surface area contributed by atoms with Crippen molar-refractivity contribution in [3.8, 4) is 0 Å². The van der Waals surface area contributed by atoms with E-state index in [1.165, 1.54) is 18.4 Å². The van der Waals surface area contributed by atoms with Crippen LogP contribution in [0, 0.1) is 0 Å². The summed E-state index contributed by atoms with van der Waals surface area (Å²) in [7, 11) is 0. The van der Waals surface area contributed by atoms with Crippen LogP contribution in [0.5, 0.6) is 0 Å². The molecule has 4 heteroatoms. The van der Waals surface area contributed by atoms with Crippen LogP contribution in [0.25, 0.3) is 0 Å². The van der Waals surface area contributed by atoms with E-state index in [1.807, 2.05) is 30.3 Å². The van der Waals surface area contributed by atoms with Gasteiger partial charge in [0.25, 0.3) is 0 Å². The van der Waals surface area contributed by atoms with E-state index < -0.39 is 0 Å². The Morgan fingerprint density at radius 2 is 2.11 bits per heavy atom. The Hall–Kier alpha value is -1.45. The number of nitrogens with two attached hydrogens (primary N) is 1. The van der Waals surface area contributed by atoms with Crippen molar-refractivity contribution in [2.75, 3.05) is 5.73 Å². The van der Waals surface area contributed by atoms with Crippen LogP contribution in [0.1, 0.15) is 24.2 Å². The first-order valence-corrected chi connectivity index (χ1v) is 6.90. The molecule has 1 aromatic carbocycles. The monoisotopic (exact) mass is 276 g/mol. The number of hydrogen-bond acceptors (Lipinski definition) is 3. The molecule has 100 valence electrons. The first-order valence-electron chi connectivity index (χ1n) is 6.53. The first kappa shape index (κ1) is 12.6. The minimum Gasteiger partial charge on any atom is -0.468 e. The Balaban J connectivity index is 1.72. The van der Waals surface area contributed by atoms with Gasteiger partial charge < -0.3 is 10.2 Å².